The van der Waals surface area contributed by atoms with Crippen LogP contribution in [0.25, 0.3) is 0 Å². The number of carbonyl (C=O) groups is 2. The molecule has 1 aliphatic heterocycles. The number of hydrogen-bond donors (Lipinski definition) is 1. The van der Waals surface area contributed by atoms with Crippen LogP contribution < -0.4 is 10.6 Å². The first-order chi connectivity index (χ1) is 8.54. The Morgan fingerprint density at radius 2 is 2.22 bits per heavy atom. The van der Waals surface area contributed by atoms with Crippen molar-refractivity contribution in [1.82, 2.24) is 0 Å². The van der Waals surface area contributed by atoms with Crippen LogP contribution in [0.3, 0.4) is 0 Å². The summed E-state index contributed by atoms with van der Waals surface area (Å²) in [4.78, 5) is 25.0. The Balaban J connectivity index is 2.27. The summed E-state index contributed by atoms with van der Waals surface area (Å²) in [5.41, 5.74) is 8.09. The number of nitrogen functional groups attached to an aromatic ring is 1. The zero-order valence-corrected chi connectivity index (χ0v) is 10.5. The molecule has 0 saturated carbocycles. The predicted molar refractivity (Wildman–Crippen MR) is 68.1 cm³/mol. The van der Waals surface area contributed by atoms with Gasteiger partial charge in [0.05, 0.1) is 13.0 Å². The van der Waals surface area contributed by atoms with E-state index in [0.29, 0.717) is 12.2 Å². The van der Waals surface area contributed by atoms with Gasteiger partial charge in [-0.1, -0.05) is 6.07 Å². The summed E-state index contributed by atoms with van der Waals surface area (Å²) >= 11 is 0. The molecule has 2 rings (SSSR count). The quantitative estimate of drug-likeness (QED) is 0.628. The van der Waals surface area contributed by atoms with Gasteiger partial charge in [-0.15, -0.1) is 0 Å². The fourth-order valence-electron chi connectivity index (χ4n) is 2.20. The van der Waals surface area contributed by atoms with Crippen molar-refractivity contribution in [2.45, 2.75) is 13.3 Å². The molecule has 0 aromatic heterocycles. The molecule has 1 amide bonds. The minimum Gasteiger partial charge on any atom is -0.469 e. The van der Waals surface area contributed by atoms with Gasteiger partial charge < -0.3 is 15.4 Å². The van der Waals surface area contributed by atoms with E-state index in [-0.39, 0.29) is 24.2 Å². The normalized spacial score (nSPS) is 19.1. The number of amides is 1. The Bertz CT molecular complexity index is 499. The Labute approximate surface area is 106 Å². The van der Waals surface area contributed by atoms with E-state index in [0.717, 1.165) is 11.3 Å². The molecule has 1 fully saturated rings. The van der Waals surface area contributed by atoms with E-state index in [9.17, 15) is 9.59 Å². The van der Waals surface area contributed by atoms with E-state index in [1.165, 1.54) is 7.11 Å². The number of nitrogens with two attached hydrogens (primary N) is 1. The Kier molecular flexibility index (Phi) is 3.23. The maximum Gasteiger partial charge on any atom is 0.311 e. The number of hydrogen-bond acceptors (Lipinski definition) is 4. The zero-order chi connectivity index (χ0) is 13.3. The first-order valence-corrected chi connectivity index (χ1v) is 5.78. The van der Waals surface area contributed by atoms with Crippen molar-refractivity contribution < 1.29 is 14.3 Å². The molecular formula is C13H16N2O3. The van der Waals surface area contributed by atoms with Crippen molar-refractivity contribution in [3.8, 4) is 0 Å². The molecule has 1 aromatic rings. The van der Waals surface area contributed by atoms with Crippen LogP contribution in [-0.2, 0) is 14.3 Å². The summed E-state index contributed by atoms with van der Waals surface area (Å²) in [6.07, 6.45) is 0.195. The number of rotatable bonds is 2. The smallest absolute Gasteiger partial charge is 0.311 e. The standard InChI is InChI=1S/C13H16N2O3/c1-8-10(14)4-3-5-11(8)15-7-9(6-12(15)16)13(17)18-2/h3-5,9H,6-7,14H2,1-2H3/t9-/m1/s1. The first kappa shape index (κ1) is 12.4. The second kappa shape index (κ2) is 4.68. The molecule has 0 spiro atoms. The maximum absolute atomic E-state index is 11.9. The molecule has 0 radical (unpaired) electrons. The van der Waals surface area contributed by atoms with Gasteiger partial charge in [-0.2, -0.15) is 0 Å². The van der Waals surface area contributed by atoms with Crippen LogP contribution in [0.15, 0.2) is 18.2 Å². The highest BCUT2D eigenvalue weighted by Crippen LogP contribution is 2.30. The minimum absolute atomic E-state index is 0.0703. The van der Waals surface area contributed by atoms with Crippen molar-refractivity contribution >= 4 is 23.3 Å². The van der Waals surface area contributed by atoms with Crippen LogP contribution in [-0.4, -0.2) is 25.5 Å². The van der Waals surface area contributed by atoms with Gasteiger partial charge in [-0.3, -0.25) is 9.59 Å². The van der Waals surface area contributed by atoms with Gasteiger partial charge in [0, 0.05) is 24.3 Å². The maximum atomic E-state index is 11.9. The predicted octanol–water partition coefficient (Wildman–Crippen LogP) is 1.10. The van der Waals surface area contributed by atoms with Gasteiger partial charge >= 0.3 is 5.97 Å². The fourth-order valence-corrected chi connectivity index (χ4v) is 2.20. The molecule has 96 valence electrons. The van der Waals surface area contributed by atoms with Crippen LogP contribution in [0.2, 0.25) is 0 Å². The summed E-state index contributed by atoms with van der Waals surface area (Å²) < 4.78 is 4.68. The second-order valence-electron chi connectivity index (χ2n) is 4.42. The molecule has 0 bridgehead atoms. The van der Waals surface area contributed by atoms with Gasteiger partial charge in [0.2, 0.25) is 5.91 Å². The van der Waals surface area contributed by atoms with E-state index >= 15 is 0 Å². The van der Waals surface area contributed by atoms with Crippen LogP contribution >= 0.6 is 0 Å². The van der Waals surface area contributed by atoms with E-state index in [4.69, 9.17) is 5.73 Å². The Morgan fingerprint density at radius 3 is 2.89 bits per heavy atom. The van der Waals surface area contributed by atoms with Gasteiger partial charge in [0.25, 0.3) is 0 Å². The van der Waals surface area contributed by atoms with Gasteiger partial charge in [-0.25, -0.2) is 0 Å². The van der Waals surface area contributed by atoms with Crippen molar-refractivity contribution in [2.75, 3.05) is 24.3 Å². The van der Waals surface area contributed by atoms with Gasteiger partial charge in [0.1, 0.15) is 0 Å². The number of methoxy groups -OCH3 is 1. The highest BCUT2D eigenvalue weighted by atomic mass is 16.5. The third-order valence-electron chi connectivity index (χ3n) is 3.30. The lowest BCUT2D eigenvalue weighted by molar-refractivity contribution is -0.145. The molecule has 0 unspecified atom stereocenters. The third-order valence-corrected chi connectivity index (χ3v) is 3.30. The van der Waals surface area contributed by atoms with Gasteiger partial charge in [-0.05, 0) is 24.6 Å². The summed E-state index contributed by atoms with van der Waals surface area (Å²) in [5.74, 6) is -0.796. The molecule has 1 atom stereocenters. The van der Waals surface area contributed by atoms with E-state index in [1.807, 2.05) is 13.0 Å². The molecule has 1 aromatic carbocycles. The Morgan fingerprint density at radius 1 is 1.50 bits per heavy atom. The van der Waals surface area contributed by atoms with Crippen molar-refractivity contribution in [3.63, 3.8) is 0 Å². The largest absolute Gasteiger partial charge is 0.469 e. The highest BCUT2D eigenvalue weighted by Gasteiger charge is 2.36. The molecular weight excluding hydrogens is 232 g/mol. The average molecular weight is 248 g/mol. The molecule has 1 aliphatic rings. The van der Waals surface area contributed by atoms with Crippen molar-refractivity contribution in [1.29, 1.82) is 0 Å². The van der Waals surface area contributed by atoms with Crippen LogP contribution in [0.4, 0.5) is 11.4 Å². The lowest BCUT2D eigenvalue weighted by Crippen LogP contribution is -2.27. The minimum atomic E-state index is -0.386. The number of carbonyl (C=O) groups excluding carboxylic acids is 2. The molecule has 5 nitrogen and oxygen atoms in total. The number of nitrogens with zero attached hydrogens (tertiary/aromatic N) is 1. The topological polar surface area (TPSA) is 72.6 Å². The molecule has 0 aliphatic carbocycles. The fraction of sp³-hybridized carbons (Fsp3) is 0.385. The summed E-state index contributed by atoms with van der Waals surface area (Å²) in [6.45, 7) is 2.22. The zero-order valence-electron chi connectivity index (χ0n) is 10.5. The van der Waals surface area contributed by atoms with Crippen LogP contribution in [0, 0.1) is 12.8 Å². The van der Waals surface area contributed by atoms with Crippen LogP contribution in [0.1, 0.15) is 12.0 Å². The summed E-state index contributed by atoms with van der Waals surface area (Å²) in [7, 11) is 1.33. The Hall–Kier alpha value is -2.04. The van der Waals surface area contributed by atoms with Crippen molar-refractivity contribution in [3.05, 3.63) is 23.8 Å². The summed E-state index contributed by atoms with van der Waals surface area (Å²) in [5, 5.41) is 0. The third kappa shape index (κ3) is 2.03. The molecule has 5 heteroatoms. The molecule has 18 heavy (non-hydrogen) atoms. The lowest BCUT2D eigenvalue weighted by Gasteiger charge is -2.19. The van der Waals surface area contributed by atoms with Crippen molar-refractivity contribution in [2.24, 2.45) is 5.92 Å². The van der Waals surface area contributed by atoms with E-state index in [2.05, 4.69) is 4.74 Å². The van der Waals surface area contributed by atoms with E-state index in [1.54, 1.807) is 17.0 Å². The number of benzene rings is 1. The van der Waals surface area contributed by atoms with Crippen LogP contribution in [0.5, 0.6) is 0 Å². The molecule has 2 N–H and O–H groups in total. The first-order valence-electron chi connectivity index (χ1n) is 5.78. The molecule has 1 saturated heterocycles. The SMILES string of the molecule is COC(=O)[C@@H]1CC(=O)N(c2cccc(N)c2C)C1. The lowest BCUT2D eigenvalue weighted by atomic mass is 10.1. The van der Waals surface area contributed by atoms with E-state index < -0.39 is 0 Å². The monoisotopic (exact) mass is 248 g/mol. The average Bonchev–Trinajstić information content (AvgIpc) is 2.74. The second-order valence-corrected chi connectivity index (χ2v) is 4.42. The molecule has 1 heterocycles. The van der Waals surface area contributed by atoms with Gasteiger partial charge in [0.15, 0.2) is 0 Å². The highest BCUT2D eigenvalue weighted by molar-refractivity contribution is 6.00. The number of ether oxygens (including phenoxy) is 1. The summed E-state index contributed by atoms with van der Waals surface area (Å²) in [6, 6.07) is 5.43. The number of esters is 1. The number of anilines is 2.